The van der Waals surface area contributed by atoms with Gasteiger partial charge in [-0.3, -0.25) is 24.5 Å². The first kappa shape index (κ1) is 24.9. The molecule has 1 aromatic carbocycles. The predicted octanol–water partition coefficient (Wildman–Crippen LogP) is -0.223. The molecule has 0 radical (unpaired) electrons. The third-order valence-corrected chi connectivity index (χ3v) is 5.20. The molecule has 0 aliphatic carbocycles. The van der Waals surface area contributed by atoms with Gasteiger partial charge in [0.2, 0.25) is 0 Å². The molecule has 34 heavy (non-hydrogen) atoms. The van der Waals surface area contributed by atoms with Crippen molar-refractivity contribution >= 4 is 11.8 Å². The highest BCUT2D eigenvalue weighted by Crippen LogP contribution is 2.29. The van der Waals surface area contributed by atoms with Crippen LogP contribution in [0.15, 0.2) is 34.0 Å². The largest absolute Gasteiger partial charge is 0.508 e. The molecule has 3 rings (SSSR count). The van der Waals surface area contributed by atoms with Gasteiger partial charge in [-0.05, 0) is 19.1 Å². The minimum atomic E-state index is -1.54. The summed E-state index contributed by atoms with van der Waals surface area (Å²) in [5.41, 5.74) is -1.13. The molecule has 14 heteroatoms. The first-order chi connectivity index (χ1) is 16.1. The predicted molar refractivity (Wildman–Crippen MR) is 113 cm³/mol. The van der Waals surface area contributed by atoms with E-state index in [1.807, 2.05) is 0 Å². The number of ether oxygens (including phenoxy) is 4. The van der Waals surface area contributed by atoms with E-state index in [0.29, 0.717) is 11.3 Å². The Morgan fingerprint density at radius 3 is 2.68 bits per heavy atom. The Labute approximate surface area is 191 Å². The lowest BCUT2D eigenvalue weighted by Gasteiger charge is -2.17. The molecule has 2 aromatic rings. The van der Waals surface area contributed by atoms with Crippen molar-refractivity contribution in [2.24, 2.45) is 0 Å². The van der Waals surface area contributed by atoms with Crippen molar-refractivity contribution < 1.29 is 38.9 Å². The lowest BCUT2D eigenvalue weighted by atomic mass is 10.1. The van der Waals surface area contributed by atoms with Crippen LogP contribution < -0.4 is 16.0 Å². The zero-order valence-electron chi connectivity index (χ0n) is 18.2. The van der Waals surface area contributed by atoms with Crippen molar-refractivity contribution in [2.75, 3.05) is 20.3 Å². The number of benzene rings is 1. The summed E-state index contributed by atoms with van der Waals surface area (Å²) in [6.45, 7) is 0.700. The van der Waals surface area contributed by atoms with Crippen LogP contribution >= 0.6 is 0 Å². The fourth-order valence-electron chi connectivity index (χ4n) is 3.38. The fraction of sp³-hybridized carbons (Fsp3) is 0.450. The van der Waals surface area contributed by atoms with E-state index in [9.17, 15) is 34.7 Å². The molecule has 184 valence electrons. The van der Waals surface area contributed by atoms with E-state index in [1.54, 1.807) is 0 Å². The van der Waals surface area contributed by atoms with Crippen LogP contribution in [-0.4, -0.2) is 69.5 Å². The van der Waals surface area contributed by atoms with Crippen LogP contribution in [0.2, 0.25) is 0 Å². The normalized spacial score (nSPS) is 21.8. The second-order valence-corrected chi connectivity index (χ2v) is 7.44. The van der Waals surface area contributed by atoms with Crippen molar-refractivity contribution in [2.45, 2.75) is 37.9 Å². The van der Waals surface area contributed by atoms with Gasteiger partial charge in [-0.2, -0.15) is 0 Å². The average Bonchev–Trinajstić information content (AvgIpc) is 3.08. The van der Waals surface area contributed by atoms with Crippen LogP contribution in [0.4, 0.5) is 10.5 Å². The number of nitrogens with zero attached hydrogens (tertiary/aromatic N) is 2. The molecule has 1 saturated heterocycles. The zero-order valence-corrected chi connectivity index (χ0v) is 18.2. The van der Waals surface area contributed by atoms with E-state index < -0.39 is 53.5 Å². The molecule has 1 aliphatic rings. The van der Waals surface area contributed by atoms with Gasteiger partial charge >= 0.3 is 11.8 Å². The first-order valence-corrected chi connectivity index (χ1v) is 10.1. The van der Waals surface area contributed by atoms with Gasteiger partial charge < -0.3 is 29.2 Å². The zero-order chi connectivity index (χ0) is 25.0. The van der Waals surface area contributed by atoms with Gasteiger partial charge in [0.05, 0.1) is 18.6 Å². The Morgan fingerprint density at radius 2 is 2.00 bits per heavy atom. The third-order valence-electron chi connectivity index (χ3n) is 5.20. The quantitative estimate of drug-likeness (QED) is 0.256. The summed E-state index contributed by atoms with van der Waals surface area (Å²) in [7, 11) is 1.41. The van der Waals surface area contributed by atoms with E-state index in [1.165, 1.54) is 38.4 Å². The minimum absolute atomic E-state index is 0.0143. The highest BCUT2D eigenvalue weighted by molar-refractivity contribution is 5.60. The van der Waals surface area contributed by atoms with Gasteiger partial charge in [-0.25, -0.2) is 9.59 Å². The maximum Gasteiger partial charge on any atom is 0.508 e. The van der Waals surface area contributed by atoms with Gasteiger partial charge in [0.15, 0.2) is 6.23 Å². The Morgan fingerprint density at radius 1 is 1.26 bits per heavy atom. The smallest absolute Gasteiger partial charge is 0.497 e. The van der Waals surface area contributed by atoms with E-state index in [4.69, 9.17) is 18.9 Å². The molecule has 2 unspecified atom stereocenters. The summed E-state index contributed by atoms with van der Waals surface area (Å²) >= 11 is 0. The van der Waals surface area contributed by atoms with E-state index in [2.05, 4.69) is 4.98 Å². The van der Waals surface area contributed by atoms with E-state index in [-0.39, 0.29) is 24.3 Å². The molecule has 0 bridgehead atoms. The van der Waals surface area contributed by atoms with Crippen LogP contribution in [0.5, 0.6) is 5.75 Å². The van der Waals surface area contributed by atoms with Gasteiger partial charge in [-0.15, -0.1) is 0 Å². The number of H-pyrrole nitrogens is 1. The summed E-state index contributed by atoms with van der Waals surface area (Å²) in [6, 6.07) is 4.17. The first-order valence-electron chi connectivity index (χ1n) is 10.1. The SMILES string of the molecule is COc1ccc([N+](=O)[O-])c(CCOC(=O)OC[C@H]2O[C@@H](n3cc(C)c(=O)[nH]c3=O)C(O)C2O)c1. The molecular formula is C20H23N3O11. The van der Waals surface area contributed by atoms with Gasteiger partial charge in [0.1, 0.15) is 30.7 Å². The van der Waals surface area contributed by atoms with Gasteiger partial charge in [0, 0.05) is 29.8 Å². The van der Waals surface area contributed by atoms with Crippen LogP contribution in [0.25, 0.3) is 0 Å². The standard InChI is InChI=1S/C20H23N3O11/c1-10-8-22(19(27)21-17(10)26)18-16(25)15(24)14(34-18)9-33-20(28)32-6-5-11-7-12(31-2)3-4-13(11)23(29)30/h3-4,7-8,14-16,18,24-25H,5-6,9H2,1-2H3,(H,21,26,27)/t14-,15?,16?,18-/m1/s1. The van der Waals surface area contributed by atoms with Gasteiger partial charge in [-0.1, -0.05) is 0 Å². The highest BCUT2D eigenvalue weighted by atomic mass is 16.7. The van der Waals surface area contributed by atoms with Crippen molar-refractivity contribution in [3.05, 3.63) is 66.5 Å². The number of aromatic amines is 1. The Hall–Kier alpha value is -3.75. The molecule has 0 spiro atoms. The Bertz CT molecular complexity index is 1180. The van der Waals surface area contributed by atoms with Crippen LogP contribution in [0.1, 0.15) is 17.4 Å². The summed E-state index contributed by atoms with van der Waals surface area (Å²) in [5, 5.41) is 31.6. The summed E-state index contributed by atoms with van der Waals surface area (Å²) < 4.78 is 21.2. The van der Waals surface area contributed by atoms with Crippen LogP contribution in [0.3, 0.4) is 0 Å². The number of nitrogens with one attached hydrogen (secondary N) is 1. The molecule has 1 fully saturated rings. The molecule has 4 atom stereocenters. The molecule has 1 aliphatic heterocycles. The molecule has 2 heterocycles. The highest BCUT2D eigenvalue weighted by Gasteiger charge is 2.44. The number of aliphatic hydroxyl groups is 2. The summed E-state index contributed by atoms with van der Waals surface area (Å²) in [4.78, 5) is 48.1. The Kier molecular flexibility index (Phi) is 7.65. The van der Waals surface area contributed by atoms with Gasteiger partial charge in [0.25, 0.3) is 11.2 Å². The maximum absolute atomic E-state index is 12.0. The molecule has 1 aromatic heterocycles. The fourth-order valence-corrected chi connectivity index (χ4v) is 3.38. The number of aromatic nitrogens is 2. The molecule has 0 amide bonds. The number of aliphatic hydroxyl groups excluding tert-OH is 2. The number of nitro benzene ring substituents is 1. The van der Waals surface area contributed by atoms with E-state index >= 15 is 0 Å². The number of rotatable bonds is 8. The van der Waals surface area contributed by atoms with Crippen molar-refractivity contribution in [1.82, 2.24) is 9.55 Å². The summed E-state index contributed by atoms with van der Waals surface area (Å²) in [5.74, 6) is 0.403. The monoisotopic (exact) mass is 481 g/mol. The average molecular weight is 481 g/mol. The number of hydrogen-bond donors (Lipinski definition) is 3. The van der Waals surface area contributed by atoms with E-state index in [0.717, 1.165) is 4.57 Å². The van der Waals surface area contributed by atoms with Crippen LogP contribution in [0, 0.1) is 17.0 Å². The topological polar surface area (TPSA) is 192 Å². The van der Waals surface area contributed by atoms with Crippen molar-refractivity contribution in [1.29, 1.82) is 0 Å². The second-order valence-electron chi connectivity index (χ2n) is 7.44. The number of aryl methyl sites for hydroxylation is 1. The minimum Gasteiger partial charge on any atom is -0.497 e. The number of nitro groups is 1. The third kappa shape index (κ3) is 5.41. The number of carbonyl (C=O) groups is 1. The molecular weight excluding hydrogens is 458 g/mol. The number of methoxy groups -OCH3 is 1. The Balaban J connectivity index is 1.55. The lowest BCUT2D eigenvalue weighted by Crippen LogP contribution is -2.38. The molecule has 3 N–H and O–H groups in total. The van der Waals surface area contributed by atoms with Crippen molar-refractivity contribution in [3.8, 4) is 5.75 Å². The maximum atomic E-state index is 12.0. The molecule has 0 saturated carbocycles. The number of carbonyl (C=O) groups excluding carboxylic acids is 1. The van der Waals surface area contributed by atoms with Crippen molar-refractivity contribution in [3.63, 3.8) is 0 Å². The second kappa shape index (κ2) is 10.5. The van der Waals surface area contributed by atoms with Crippen LogP contribution in [-0.2, 0) is 20.6 Å². The summed E-state index contributed by atoms with van der Waals surface area (Å²) in [6.07, 6.45) is -5.49. The number of hydrogen-bond acceptors (Lipinski definition) is 11. The lowest BCUT2D eigenvalue weighted by molar-refractivity contribution is -0.385. The molecule has 14 nitrogen and oxygen atoms in total.